The number of ether oxygens (including phenoxy) is 2. The van der Waals surface area contributed by atoms with Crippen molar-refractivity contribution in [3.63, 3.8) is 0 Å². The number of nitrogens with zero attached hydrogens (tertiary/aromatic N) is 1. The molecule has 0 fully saturated rings. The Bertz CT molecular complexity index is 508. The van der Waals surface area contributed by atoms with Crippen LogP contribution in [0.1, 0.15) is 12.5 Å². The van der Waals surface area contributed by atoms with Crippen LogP contribution in [0.5, 0.6) is 11.5 Å². The van der Waals surface area contributed by atoms with Gasteiger partial charge in [-0.2, -0.15) is 0 Å². The Kier molecular flexibility index (Phi) is 7.55. The predicted octanol–water partition coefficient (Wildman–Crippen LogP) is 2.24. The highest BCUT2D eigenvalue weighted by Gasteiger charge is 2.19. The Morgan fingerprint density at radius 1 is 1.32 bits per heavy atom. The third-order valence-corrected chi connectivity index (χ3v) is 4.32. The number of rotatable bonds is 8. The Morgan fingerprint density at radius 2 is 1.91 bits per heavy atom. The van der Waals surface area contributed by atoms with E-state index in [0.29, 0.717) is 24.6 Å². The van der Waals surface area contributed by atoms with Crippen LogP contribution in [0.15, 0.2) is 17.0 Å². The van der Waals surface area contributed by atoms with Gasteiger partial charge < -0.3 is 19.7 Å². The lowest BCUT2D eigenvalue weighted by Crippen LogP contribution is -2.35. The lowest BCUT2D eigenvalue weighted by Gasteiger charge is -2.23. The molecular weight excluding hydrogens is 300 g/mol. The molecule has 1 amide bonds. The van der Waals surface area contributed by atoms with Crippen LogP contribution < -0.4 is 14.8 Å². The summed E-state index contributed by atoms with van der Waals surface area (Å²) in [6.07, 6.45) is 2.01. The molecule has 0 aliphatic carbocycles. The zero-order valence-corrected chi connectivity index (χ0v) is 15.0. The highest BCUT2D eigenvalue weighted by atomic mass is 32.2. The molecule has 0 aliphatic rings. The number of thioether (sulfide) groups is 1. The summed E-state index contributed by atoms with van der Waals surface area (Å²) in [5.74, 6) is 1.46. The smallest absolute Gasteiger partial charge is 0.226 e. The van der Waals surface area contributed by atoms with Crippen molar-refractivity contribution in [2.45, 2.75) is 18.4 Å². The largest absolute Gasteiger partial charge is 0.493 e. The van der Waals surface area contributed by atoms with Gasteiger partial charge in [-0.25, -0.2) is 0 Å². The molecule has 0 aliphatic heterocycles. The van der Waals surface area contributed by atoms with E-state index >= 15 is 0 Å². The van der Waals surface area contributed by atoms with Crippen molar-refractivity contribution in [1.29, 1.82) is 0 Å². The van der Waals surface area contributed by atoms with Crippen LogP contribution in [0.3, 0.4) is 0 Å². The summed E-state index contributed by atoms with van der Waals surface area (Å²) in [5.41, 5.74) is 1.05. The van der Waals surface area contributed by atoms with E-state index in [1.807, 2.05) is 39.4 Å². The summed E-state index contributed by atoms with van der Waals surface area (Å²) in [4.78, 5) is 15.2. The highest BCUT2D eigenvalue weighted by molar-refractivity contribution is 7.98. The van der Waals surface area contributed by atoms with Gasteiger partial charge in [-0.05, 0) is 31.0 Å². The van der Waals surface area contributed by atoms with E-state index < -0.39 is 0 Å². The molecule has 0 saturated carbocycles. The standard InChI is InChI=1S/C16H26N2O3S/c1-11(9-17-2)16(19)18(3)10-12-7-13(20-4)14(21-5)8-15(12)22-6/h7-8,11,17H,9-10H2,1-6H3. The Hall–Kier alpha value is -1.40. The molecule has 1 aromatic rings. The Labute approximate surface area is 137 Å². The van der Waals surface area contributed by atoms with Gasteiger partial charge in [-0.3, -0.25) is 4.79 Å². The van der Waals surface area contributed by atoms with Crippen molar-refractivity contribution in [2.75, 3.05) is 41.1 Å². The van der Waals surface area contributed by atoms with Gasteiger partial charge in [0, 0.05) is 31.0 Å². The van der Waals surface area contributed by atoms with Crippen molar-refractivity contribution >= 4 is 17.7 Å². The van der Waals surface area contributed by atoms with E-state index in [9.17, 15) is 4.79 Å². The third kappa shape index (κ3) is 4.55. The first-order valence-electron chi connectivity index (χ1n) is 7.16. The molecule has 1 atom stereocenters. The molecule has 0 bridgehead atoms. The molecule has 1 rings (SSSR count). The number of benzene rings is 1. The van der Waals surface area contributed by atoms with E-state index in [0.717, 1.165) is 10.5 Å². The topological polar surface area (TPSA) is 50.8 Å². The monoisotopic (exact) mass is 326 g/mol. The minimum absolute atomic E-state index is 0.0483. The summed E-state index contributed by atoms with van der Waals surface area (Å²) in [5, 5.41) is 3.03. The molecule has 0 spiro atoms. The SMILES string of the molecule is CNCC(C)C(=O)N(C)Cc1cc(OC)c(OC)cc1SC. The molecule has 1 aromatic carbocycles. The minimum Gasteiger partial charge on any atom is -0.493 e. The average molecular weight is 326 g/mol. The predicted molar refractivity (Wildman–Crippen MR) is 90.9 cm³/mol. The number of methoxy groups -OCH3 is 2. The number of nitrogens with one attached hydrogen (secondary N) is 1. The second kappa shape index (κ2) is 8.90. The molecule has 0 aromatic heterocycles. The maximum atomic E-state index is 12.3. The molecule has 22 heavy (non-hydrogen) atoms. The fourth-order valence-electron chi connectivity index (χ4n) is 2.32. The maximum Gasteiger partial charge on any atom is 0.226 e. The lowest BCUT2D eigenvalue weighted by molar-refractivity contribution is -0.134. The van der Waals surface area contributed by atoms with Crippen LogP contribution in [0.2, 0.25) is 0 Å². The molecule has 0 radical (unpaired) electrons. The second-order valence-corrected chi connectivity index (χ2v) is 6.02. The Balaban J connectivity index is 2.98. The van der Waals surface area contributed by atoms with Gasteiger partial charge in [0.15, 0.2) is 11.5 Å². The quantitative estimate of drug-likeness (QED) is 0.743. The van der Waals surface area contributed by atoms with Gasteiger partial charge in [0.05, 0.1) is 14.2 Å². The van der Waals surface area contributed by atoms with Crippen LogP contribution in [0.4, 0.5) is 0 Å². The number of carbonyl (C=O) groups excluding carboxylic acids is 1. The number of carbonyl (C=O) groups is 1. The summed E-state index contributed by atoms with van der Waals surface area (Å²) in [7, 11) is 6.92. The van der Waals surface area contributed by atoms with Gasteiger partial charge in [0.25, 0.3) is 0 Å². The summed E-state index contributed by atoms with van der Waals surface area (Å²) >= 11 is 1.63. The van der Waals surface area contributed by atoms with Crippen molar-refractivity contribution in [1.82, 2.24) is 10.2 Å². The average Bonchev–Trinajstić information content (AvgIpc) is 2.53. The summed E-state index contributed by atoms with van der Waals surface area (Å²) in [6.45, 7) is 3.15. The molecule has 1 N–H and O–H groups in total. The van der Waals surface area contributed by atoms with E-state index in [2.05, 4.69) is 5.32 Å². The van der Waals surface area contributed by atoms with E-state index in [4.69, 9.17) is 9.47 Å². The van der Waals surface area contributed by atoms with Crippen LogP contribution in [0.25, 0.3) is 0 Å². The van der Waals surface area contributed by atoms with Crippen molar-refractivity contribution in [2.24, 2.45) is 5.92 Å². The number of hydrogen-bond donors (Lipinski definition) is 1. The molecule has 124 valence electrons. The zero-order valence-electron chi connectivity index (χ0n) is 14.2. The van der Waals surface area contributed by atoms with Gasteiger partial charge in [-0.15, -0.1) is 11.8 Å². The highest BCUT2D eigenvalue weighted by Crippen LogP contribution is 2.35. The van der Waals surface area contributed by atoms with Gasteiger partial charge in [-0.1, -0.05) is 6.92 Å². The first-order valence-corrected chi connectivity index (χ1v) is 8.39. The molecule has 0 heterocycles. The maximum absolute atomic E-state index is 12.3. The third-order valence-electron chi connectivity index (χ3n) is 3.50. The first kappa shape index (κ1) is 18.6. The van der Waals surface area contributed by atoms with Crippen LogP contribution in [-0.2, 0) is 11.3 Å². The Morgan fingerprint density at radius 3 is 2.41 bits per heavy atom. The second-order valence-electron chi connectivity index (χ2n) is 5.17. The molecule has 6 heteroatoms. The number of amides is 1. The minimum atomic E-state index is -0.0483. The van der Waals surface area contributed by atoms with E-state index in [-0.39, 0.29) is 11.8 Å². The first-order chi connectivity index (χ1) is 10.5. The number of hydrogen-bond acceptors (Lipinski definition) is 5. The molecular formula is C16H26N2O3S. The van der Waals surface area contributed by atoms with Crippen molar-refractivity contribution < 1.29 is 14.3 Å². The van der Waals surface area contributed by atoms with Crippen molar-refractivity contribution in [3.05, 3.63) is 17.7 Å². The molecule has 0 saturated heterocycles. The normalized spacial score (nSPS) is 11.9. The van der Waals surface area contributed by atoms with Gasteiger partial charge >= 0.3 is 0 Å². The van der Waals surface area contributed by atoms with Crippen LogP contribution >= 0.6 is 11.8 Å². The van der Waals surface area contributed by atoms with Gasteiger partial charge in [0.2, 0.25) is 5.91 Å². The summed E-state index contributed by atoms with van der Waals surface area (Å²) < 4.78 is 10.7. The van der Waals surface area contributed by atoms with Crippen LogP contribution in [0, 0.1) is 5.92 Å². The molecule has 5 nitrogen and oxygen atoms in total. The fourth-order valence-corrected chi connectivity index (χ4v) is 2.93. The lowest BCUT2D eigenvalue weighted by atomic mass is 10.1. The molecule has 1 unspecified atom stereocenters. The van der Waals surface area contributed by atoms with Crippen molar-refractivity contribution in [3.8, 4) is 11.5 Å². The fraction of sp³-hybridized carbons (Fsp3) is 0.562. The van der Waals surface area contributed by atoms with Gasteiger partial charge in [0.1, 0.15) is 0 Å². The zero-order chi connectivity index (χ0) is 16.7. The van der Waals surface area contributed by atoms with Crippen LogP contribution in [-0.4, -0.2) is 51.9 Å². The summed E-state index contributed by atoms with van der Waals surface area (Å²) in [6, 6.07) is 3.89. The van der Waals surface area contributed by atoms with E-state index in [1.165, 1.54) is 0 Å². The van der Waals surface area contributed by atoms with E-state index in [1.54, 1.807) is 30.9 Å².